The smallest absolute Gasteiger partial charge is 0.238 e. The van der Waals surface area contributed by atoms with E-state index in [0.29, 0.717) is 17.3 Å². The summed E-state index contributed by atoms with van der Waals surface area (Å²) in [6.07, 6.45) is 3.32. The summed E-state index contributed by atoms with van der Waals surface area (Å²) in [6, 6.07) is 14.1. The van der Waals surface area contributed by atoms with Crippen molar-refractivity contribution < 1.29 is 4.79 Å². The van der Waals surface area contributed by atoms with Gasteiger partial charge in [0.25, 0.3) is 0 Å². The van der Waals surface area contributed by atoms with Gasteiger partial charge in [0, 0.05) is 0 Å². The van der Waals surface area contributed by atoms with E-state index in [1.165, 1.54) is 11.1 Å². The number of benzene rings is 2. The molecule has 0 radical (unpaired) electrons. The molecule has 0 aliphatic carbocycles. The van der Waals surface area contributed by atoms with Crippen molar-refractivity contribution in [2.45, 2.75) is 32.2 Å². The lowest BCUT2D eigenvalue weighted by atomic mass is 10.0. The second-order valence-corrected chi connectivity index (χ2v) is 8.50. The molecule has 1 saturated heterocycles. The molecule has 4 nitrogen and oxygen atoms in total. The van der Waals surface area contributed by atoms with Gasteiger partial charge in [0.2, 0.25) is 5.91 Å². The van der Waals surface area contributed by atoms with E-state index in [1.807, 2.05) is 37.3 Å². The van der Waals surface area contributed by atoms with Crippen LogP contribution in [0.25, 0.3) is 10.2 Å². The summed E-state index contributed by atoms with van der Waals surface area (Å²) in [6.45, 7) is 3.24. The summed E-state index contributed by atoms with van der Waals surface area (Å²) in [7, 11) is 0. The summed E-state index contributed by atoms with van der Waals surface area (Å²) in [4.78, 5) is 19.7. The predicted octanol–water partition coefficient (Wildman–Crippen LogP) is 5.42. The number of rotatable bonds is 4. The molecular formula is C21H22ClN3OS. The highest BCUT2D eigenvalue weighted by molar-refractivity contribution is 7.18. The molecule has 0 saturated carbocycles. The van der Waals surface area contributed by atoms with Crippen LogP contribution in [0.15, 0.2) is 42.5 Å². The maximum atomic E-state index is 12.6. The van der Waals surface area contributed by atoms with Crippen molar-refractivity contribution in [3.05, 3.63) is 58.1 Å². The average Bonchev–Trinajstić information content (AvgIpc) is 3.08. The molecule has 3 aromatic rings. The monoisotopic (exact) mass is 399 g/mol. The van der Waals surface area contributed by atoms with Crippen LogP contribution < -0.4 is 5.32 Å². The van der Waals surface area contributed by atoms with Gasteiger partial charge in [-0.15, -0.1) is 11.3 Å². The van der Waals surface area contributed by atoms with Gasteiger partial charge in [-0.3, -0.25) is 9.69 Å². The first kappa shape index (κ1) is 18.4. The molecule has 1 atom stereocenters. The number of para-hydroxylation sites is 1. The molecule has 2 heterocycles. The second-order valence-electron chi connectivity index (χ2n) is 7.03. The number of nitrogens with zero attached hydrogens (tertiary/aromatic N) is 2. The minimum atomic E-state index is -0.0336. The van der Waals surface area contributed by atoms with Crippen LogP contribution in [0.4, 0.5) is 5.69 Å². The molecule has 0 bridgehead atoms. The molecule has 1 aliphatic rings. The SMILES string of the molecule is Cc1ccc(NC(=O)CN2CCCC[C@H]2c2nc3ccccc3s2)c(Cl)c1. The molecular weight excluding hydrogens is 378 g/mol. The van der Waals surface area contributed by atoms with Gasteiger partial charge in [0.15, 0.2) is 0 Å². The zero-order valence-corrected chi connectivity index (χ0v) is 16.8. The van der Waals surface area contributed by atoms with Crippen molar-refractivity contribution in [3.8, 4) is 0 Å². The van der Waals surface area contributed by atoms with E-state index in [2.05, 4.69) is 22.3 Å². The standard InChI is InChI=1S/C21H22ClN3OS/c1-14-9-10-16(15(22)12-14)23-20(26)13-25-11-5-4-7-18(25)21-24-17-6-2-3-8-19(17)27-21/h2-3,6,8-10,12,18H,4-5,7,11,13H2,1H3,(H,23,26)/t18-/m0/s1. The third kappa shape index (κ3) is 4.15. The Morgan fingerprint density at radius 1 is 1.30 bits per heavy atom. The average molecular weight is 400 g/mol. The van der Waals surface area contributed by atoms with E-state index in [4.69, 9.17) is 16.6 Å². The molecule has 1 fully saturated rings. The molecule has 27 heavy (non-hydrogen) atoms. The van der Waals surface area contributed by atoms with Crippen LogP contribution in [-0.2, 0) is 4.79 Å². The molecule has 4 rings (SSSR count). The molecule has 1 N–H and O–H groups in total. The highest BCUT2D eigenvalue weighted by atomic mass is 35.5. The lowest BCUT2D eigenvalue weighted by molar-refractivity contribution is -0.118. The van der Waals surface area contributed by atoms with Crippen molar-refractivity contribution in [2.75, 3.05) is 18.4 Å². The third-order valence-electron chi connectivity index (χ3n) is 4.95. The van der Waals surface area contributed by atoms with Gasteiger partial charge in [0.1, 0.15) is 5.01 Å². The van der Waals surface area contributed by atoms with E-state index in [0.717, 1.165) is 35.5 Å². The van der Waals surface area contributed by atoms with E-state index in [1.54, 1.807) is 11.3 Å². The first-order valence-corrected chi connectivity index (χ1v) is 10.4. The number of aromatic nitrogens is 1. The summed E-state index contributed by atoms with van der Waals surface area (Å²) in [5.41, 5.74) is 2.78. The van der Waals surface area contributed by atoms with Crippen LogP contribution in [0.3, 0.4) is 0 Å². The van der Waals surface area contributed by atoms with E-state index < -0.39 is 0 Å². The number of carbonyl (C=O) groups excluding carboxylic acids is 1. The Balaban J connectivity index is 1.49. The van der Waals surface area contributed by atoms with Crippen molar-refractivity contribution in [1.29, 1.82) is 0 Å². The second kappa shape index (κ2) is 7.97. The van der Waals surface area contributed by atoms with Crippen LogP contribution in [0.5, 0.6) is 0 Å². The van der Waals surface area contributed by atoms with Gasteiger partial charge in [0.05, 0.1) is 33.5 Å². The normalized spacial score (nSPS) is 17.9. The largest absolute Gasteiger partial charge is 0.324 e. The number of piperidine rings is 1. The van der Waals surface area contributed by atoms with Crippen LogP contribution >= 0.6 is 22.9 Å². The highest BCUT2D eigenvalue weighted by Crippen LogP contribution is 2.35. The highest BCUT2D eigenvalue weighted by Gasteiger charge is 2.28. The van der Waals surface area contributed by atoms with E-state index >= 15 is 0 Å². The number of hydrogen-bond donors (Lipinski definition) is 1. The van der Waals surface area contributed by atoms with E-state index in [-0.39, 0.29) is 11.9 Å². The number of anilines is 1. The number of fused-ring (bicyclic) bond motifs is 1. The number of thiazole rings is 1. The van der Waals surface area contributed by atoms with Crippen molar-refractivity contribution in [2.24, 2.45) is 0 Å². The fourth-order valence-corrected chi connectivity index (χ4v) is 5.01. The number of hydrogen-bond acceptors (Lipinski definition) is 4. The maximum absolute atomic E-state index is 12.6. The topological polar surface area (TPSA) is 45.2 Å². The van der Waals surface area contributed by atoms with Crippen LogP contribution in [0.1, 0.15) is 35.9 Å². The van der Waals surface area contributed by atoms with Gasteiger partial charge < -0.3 is 5.32 Å². The third-order valence-corrected chi connectivity index (χ3v) is 6.40. The van der Waals surface area contributed by atoms with Crippen LogP contribution in [-0.4, -0.2) is 28.9 Å². The Morgan fingerprint density at radius 3 is 2.96 bits per heavy atom. The Kier molecular flexibility index (Phi) is 5.43. The Morgan fingerprint density at radius 2 is 2.15 bits per heavy atom. The molecule has 140 valence electrons. The van der Waals surface area contributed by atoms with Crippen LogP contribution in [0, 0.1) is 6.92 Å². The summed E-state index contributed by atoms with van der Waals surface area (Å²) in [5.74, 6) is -0.0336. The first-order chi connectivity index (χ1) is 13.1. The van der Waals surface area contributed by atoms with Crippen molar-refractivity contribution >= 4 is 44.7 Å². The minimum Gasteiger partial charge on any atom is -0.324 e. The maximum Gasteiger partial charge on any atom is 0.238 e. The molecule has 1 aromatic heterocycles. The van der Waals surface area contributed by atoms with Gasteiger partial charge >= 0.3 is 0 Å². The molecule has 1 aliphatic heterocycles. The Hall–Kier alpha value is -1.95. The van der Waals surface area contributed by atoms with E-state index in [9.17, 15) is 4.79 Å². The first-order valence-electron chi connectivity index (χ1n) is 9.26. The van der Waals surface area contributed by atoms with Crippen LogP contribution in [0.2, 0.25) is 5.02 Å². The molecule has 2 aromatic carbocycles. The quantitative estimate of drug-likeness (QED) is 0.636. The Labute approximate surface area is 168 Å². The number of nitrogens with one attached hydrogen (secondary N) is 1. The van der Waals surface area contributed by atoms with Crippen molar-refractivity contribution in [3.63, 3.8) is 0 Å². The number of carbonyl (C=O) groups is 1. The predicted molar refractivity (Wildman–Crippen MR) is 113 cm³/mol. The minimum absolute atomic E-state index is 0.0336. The van der Waals surface area contributed by atoms with Gasteiger partial charge in [-0.25, -0.2) is 4.98 Å². The zero-order valence-electron chi connectivity index (χ0n) is 15.2. The van der Waals surface area contributed by atoms with Gasteiger partial charge in [-0.1, -0.05) is 36.2 Å². The molecule has 6 heteroatoms. The summed E-state index contributed by atoms with van der Waals surface area (Å²) < 4.78 is 1.20. The fourth-order valence-electron chi connectivity index (χ4n) is 3.59. The number of likely N-dealkylation sites (tertiary alicyclic amines) is 1. The summed E-state index contributed by atoms with van der Waals surface area (Å²) >= 11 is 7.99. The number of aryl methyl sites for hydroxylation is 1. The number of amides is 1. The lowest BCUT2D eigenvalue weighted by Gasteiger charge is -2.33. The van der Waals surface area contributed by atoms with Crippen molar-refractivity contribution in [1.82, 2.24) is 9.88 Å². The zero-order chi connectivity index (χ0) is 18.8. The molecule has 1 amide bonds. The van der Waals surface area contributed by atoms with Gasteiger partial charge in [-0.2, -0.15) is 0 Å². The summed E-state index contributed by atoms with van der Waals surface area (Å²) in [5, 5.41) is 4.64. The van der Waals surface area contributed by atoms with Gasteiger partial charge in [-0.05, 0) is 56.1 Å². The fraction of sp³-hybridized carbons (Fsp3) is 0.333. The Bertz CT molecular complexity index is 938. The lowest BCUT2D eigenvalue weighted by Crippen LogP contribution is -2.39. The molecule has 0 spiro atoms. The molecule has 0 unspecified atom stereocenters. The number of halogens is 1.